The Morgan fingerprint density at radius 1 is 1.00 bits per heavy atom. The van der Waals surface area contributed by atoms with Crippen molar-refractivity contribution in [3.63, 3.8) is 0 Å². The van der Waals surface area contributed by atoms with Crippen molar-refractivity contribution in [3.05, 3.63) is 83.8 Å². The second-order valence-corrected chi connectivity index (χ2v) is 7.28. The van der Waals surface area contributed by atoms with E-state index in [-0.39, 0.29) is 0 Å². The molecule has 0 aliphatic carbocycles. The van der Waals surface area contributed by atoms with Crippen LogP contribution in [0.1, 0.15) is 43.9 Å². The van der Waals surface area contributed by atoms with Gasteiger partial charge < -0.3 is 14.7 Å². The number of hydrogen-bond acceptors (Lipinski definition) is 2. The molecule has 148 valence electrons. The molecule has 29 heavy (non-hydrogen) atoms. The highest BCUT2D eigenvalue weighted by atomic mass is 16.5. The summed E-state index contributed by atoms with van der Waals surface area (Å²) in [5, 5.41) is 0. The molecule has 1 aromatic carbocycles. The van der Waals surface area contributed by atoms with Gasteiger partial charge in [-0.25, -0.2) is 0 Å². The number of hydrogen-bond donors (Lipinski definition) is 2. The van der Waals surface area contributed by atoms with Gasteiger partial charge in [-0.2, -0.15) is 0 Å². The van der Waals surface area contributed by atoms with Crippen molar-refractivity contribution in [2.75, 3.05) is 0 Å². The van der Waals surface area contributed by atoms with E-state index >= 15 is 0 Å². The summed E-state index contributed by atoms with van der Waals surface area (Å²) in [4.78, 5) is 11.5. The fourth-order valence-electron chi connectivity index (χ4n) is 3.40. The predicted molar refractivity (Wildman–Crippen MR) is 120 cm³/mol. The van der Waals surface area contributed by atoms with Crippen LogP contribution in [0.2, 0.25) is 0 Å². The molecule has 0 bridgehead atoms. The van der Waals surface area contributed by atoms with Gasteiger partial charge in [-0.3, -0.25) is 4.99 Å². The number of allylic oxidation sites excluding steroid dienone is 2. The number of ether oxygens (including phenoxy) is 1. The molecule has 0 fully saturated rings. The molecule has 0 radical (unpaired) electrons. The summed E-state index contributed by atoms with van der Waals surface area (Å²) < 4.78 is 6.16. The first-order valence-electron chi connectivity index (χ1n) is 10.3. The molecule has 0 atom stereocenters. The van der Waals surface area contributed by atoms with Crippen LogP contribution in [0.4, 0.5) is 0 Å². The molecule has 0 spiro atoms. The van der Waals surface area contributed by atoms with E-state index in [0.717, 1.165) is 46.2 Å². The highest BCUT2D eigenvalue weighted by Crippen LogP contribution is 2.30. The zero-order valence-corrected chi connectivity index (χ0v) is 16.8. The van der Waals surface area contributed by atoms with Crippen molar-refractivity contribution in [2.24, 2.45) is 4.99 Å². The smallest absolute Gasteiger partial charge is 0.145 e. The lowest BCUT2D eigenvalue weighted by atomic mass is 10.1. The summed E-state index contributed by atoms with van der Waals surface area (Å²) in [6.45, 7) is 2.75. The van der Waals surface area contributed by atoms with E-state index in [2.05, 4.69) is 47.3 Å². The second-order valence-electron chi connectivity index (χ2n) is 7.28. The topological polar surface area (TPSA) is 53.2 Å². The molecule has 0 unspecified atom stereocenters. The normalized spacial score (nSPS) is 14.5. The SMILES string of the molecule is CCCCCC1=N/C(=C\c2[nH]c(-c3ccc[nH]3)cc2OCc2ccccc2)C=C1. The number of aromatic amines is 2. The van der Waals surface area contributed by atoms with Crippen molar-refractivity contribution in [1.29, 1.82) is 0 Å². The fourth-order valence-corrected chi connectivity index (χ4v) is 3.40. The van der Waals surface area contributed by atoms with Crippen LogP contribution < -0.4 is 4.74 Å². The van der Waals surface area contributed by atoms with Crippen molar-refractivity contribution in [3.8, 4) is 17.1 Å². The van der Waals surface area contributed by atoms with Crippen molar-refractivity contribution in [2.45, 2.75) is 39.2 Å². The molecule has 4 heteroatoms. The van der Waals surface area contributed by atoms with Crippen LogP contribution in [0.25, 0.3) is 17.5 Å². The van der Waals surface area contributed by atoms with Gasteiger partial charge in [0.05, 0.1) is 22.8 Å². The molecule has 3 heterocycles. The first kappa shape index (κ1) is 19.1. The van der Waals surface area contributed by atoms with Crippen LogP contribution in [0.3, 0.4) is 0 Å². The maximum Gasteiger partial charge on any atom is 0.145 e. The Balaban J connectivity index is 1.55. The molecule has 4 nitrogen and oxygen atoms in total. The third kappa shape index (κ3) is 4.96. The maximum absolute atomic E-state index is 6.16. The number of nitrogens with one attached hydrogen (secondary N) is 2. The molecule has 1 aliphatic rings. The molecule has 0 amide bonds. The van der Waals surface area contributed by atoms with Crippen LogP contribution in [-0.2, 0) is 6.61 Å². The monoisotopic (exact) mass is 385 g/mol. The molecular weight excluding hydrogens is 358 g/mol. The second kappa shape index (κ2) is 9.28. The van der Waals surface area contributed by atoms with E-state index in [1.165, 1.54) is 19.3 Å². The number of H-pyrrole nitrogens is 2. The summed E-state index contributed by atoms with van der Waals surface area (Å²) >= 11 is 0. The number of aromatic nitrogens is 2. The molecule has 0 saturated heterocycles. The van der Waals surface area contributed by atoms with Gasteiger partial charge in [0.15, 0.2) is 0 Å². The van der Waals surface area contributed by atoms with E-state index in [1.807, 2.05) is 42.6 Å². The Bertz CT molecular complexity index is 1010. The van der Waals surface area contributed by atoms with Crippen molar-refractivity contribution in [1.82, 2.24) is 9.97 Å². The quantitative estimate of drug-likeness (QED) is 0.405. The van der Waals surface area contributed by atoms with Gasteiger partial charge in [0.2, 0.25) is 0 Å². The van der Waals surface area contributed by atoms with E-state index in [9.17, 15) is 0 Å². The van der Waals surface area contributed by atoms with E-state index < -0.39 is 0 Å². The minimum absolute atomic E-state index is 0.528. The van der Waals surface area contributed by atoms with Crippen LogP contribution in [0.15, 0.2) is 77.6 Å². The fraction of sp³-hybridized carbons (Fsp3) is 0.240. The zero-order chi connectivity index (χ0) is 19.9. The van der Waals surface area contributed by atoms with Gasteiger partial charge in [-0.05, 0) is 48.8 Å². The summed E-state index contributed by atoms with van der Waals surface area (Å²) in [7, 11) is 0. The molecule has 3 aromatic rings. The molecule has 2 N–H and O–H groups in total. The number of benzene rings is 1. The summed E-state index contributed by atoms with van der Waals surface area (Å²) in [6.07, 6.45) is 12.9. The lowest BCUT2D eigenvalue weighted by Crippen LogP contribution is -1.95. The number of nitrogens with zero attached hydrogens (tertiary/aromatic N) is 1. The van der Waals surface area contributed by atoms with Crippen LogP contribution in [0, 0.1) is 0 Å². The molecule has 2 aromatic heterocycles. The number of aliphatic imine (C=N–C) groups is 1. The lowest BCUT2D eigenvalue weighted by Gasteiger charge is -2.05. The van der Waals surface area contributed by atoms with E-state index in [1.54, 1.807) is 0 Å². The Hall–Kier alpha value is -3.27. The molecular formula is C25H27N3O. The maximum atomic E-state index is 6.16. The highest BCUT2D eigenvalue weighted by molar-refractivity contribution is 5.99. The van der Waals surface area contributed by atoms with E-state index in [4.69, 9.17) is 9.73 Å². The Morgan fingerprint density at radius 3 is 2.69 bits per heavy atom. The van der Waals surface area contributed by atoms with Gasteiger partial charge in [-0.15, -0.1) is 0 Å². The third-order valence-corrected chi connectivity index (χ3v) is 4.98. The molecule has 4 rings (SSSR count). The van der Waals surface area contributed by atoms with Crippen LogP contribution in [-0.4, -0.2) is 15.7 Å². The predicted octanol–water partition coefficient (Wildman–Crippen LogP) is 6.52. The first-order valence-corrected chi connectivity index (χ1v) is 10.3. The van der Waals surface area contributed by atoms with Crippen LogP contribution in [0.5, 0.6) is 5.75 Å². The minimum atomic E-state index is 0.528. The average Bonchev–Trinajstić information content (AvgIpc) is 3.49. The lowest BCUT2D eigenvalue weighted by molar-refractivity contribution is 0.306. The van der Waals surface area contributed by atoms with Crippen molar-refractivity contribution < 1.29 is 4.74 Å². The van der Waals surface area contributed by atoms with Gasteiger partial charge in [0, 0.05) is 18.0 Å². The Kier molecular flexibility index (Phi) is 6.10. The van der Waals surface area contributed by atoms with Crippen molar-refractivity contribution >= 4 is 11.8 Å². The molecule has 1 aliphatic heterocycles. The van der Waals surface area contributed by atoms with E-state index in [0.29, 0.717) is 6.61 Å². The Morgan fingerprint density at radius 2 is 1.90 bits per heavy atom. The van der Waals surface area contributed by atoms with Gasteiger partial charge in [0.1, 0.15) is 12.4 Å². The summed E-state index contributed by atoms with van der Waals surface area (Å²) in [6, 6.07) is 16.3. The number of rotatable bonds is 9. The summed E-state index contributed by atoms with van der Waals surface area (Å²) in [5.41, 5.74) is 6.23. The average molecular weight is 386 g/mol. The first-order chi connectivity index (χ1) is 14.3. The minimum Gasteiger partial charge on any atom is -0.487 e. The van der Waals surface area contributed by atoms with Crippen LogP contribution >= 0.6 is 0 Å². The van der Waals surface area contributed by atoms with Gasteiger partial charge in [-0.1, -0.05) is 50.1 Å². The zero-order valence-electron chi connectivity index (χ0n) is 16.8. The summed E-state index contributed by atoms with van der Waals surface area (Å²) in [5.74, 6) is 0.828. The third-order valence-electron chi connectivity index (χ3n) is 4.98. The van der Waals surface area contributed by atoms with Gasteiger partial charge in [0.25, 0.3) is 0 Å². The highest BCUT2D eigenvalue weighted by Gasteiger charge is 2.12. The largest absolute Gasteiger partial charge is 0.487 e. The standard InChI is InChI=1S/C25H27N3O/c1-2-3-5-11-20-13-14-21(27-20)16-24-25(29-18-19-9-6-4-7-10-19)17-23(28-24)22-12-8-15-26-22/h4,6-10,12-17,26,28H,2-3,5,11,18H2,1H3/b21-16-. The Labute approximate surface area is 172 Å². The number of unbranched alkanes of at least 4 members (excludes halogenated alkanes) is 2. The van der Waals surface area contributed by atoms with Gasteiger partial charge >= 0.3 is 0 Å². The molecule has 0 saturated carbocycles.